The lowest BCUT2D eigenvalue weighted by molar-refractivity contribution is 0.0689. The minimum absolute atomic E-state index is 0.00720. The van der Waals surface area contributed by atoms with E-state index in [2.05, 4.69) is 10.3 Å². The number of hydrogen-bond donors (Lipinski definition) is 1. The Hall–Kier alpha value is -2.17. The summed E-state index contributed by atoms with van der Waals surface area (Å²) in [5.41, 5.74) is 1.64. The maximum atomic E-state index is 10.9. The molecule has 1 heterocycles. The van der Waals surface area contributed by atoms with Crippen LogP contribution in [0.5, 0.6) is 0 Å². The molecule has 0 bridgehead atoms. The van der Waals surface area contributed by atoms with Crippen molar-refractivity contribution in [3.63, 3.8) is 0 Å². The monoisotopic (exact) mass is 231 g/mol. The van der Waals surface area contributed by atoms with E-state index in [-0.39, 0.29) is 11.7 Å². The second-order valence-corrected chi connectivity index (χ2v) is 3.86. The van der Waals surface area contributed by atoms with Gasteiger partial charge in [0.25, 0.3) is 0 Å². The van der Waals surface area contributed by atoms with E-state index < -0.39 is 5.97 Å². The van der Waals surface area contributed by atoms with Gasteiger partial charge in [0.05, 0.1) is 11.7 Å². The summed E-state index contributed by atoms with van der Waals surface area (Å²) >= 11 is 0. The average molecular weight is 231 g/mol. The Bertz CT molecular complexity index is 534. The van der Waals surface area contributed by atoms with E-state index in [0.717, 1.165) is 5.56 Å². The molecule has 1 aromatic heterocycles. The van der Waals surface area contributed by atoms with Gasteiger partial charge < -0.3 is 5.11 Å². The van der Waals surface area contributed by atoms with Crippen molar-refractivity contribution in [2.24, 2.45) is 0 Å². The fraction of sp³-hybridized carbons (Fsp3) is 0.250. The third-order valence-electron chi connectivity index (χ3n) is 2.78. The molecule has 2 rings (SSSR count). The number of nitrogens with zero attached hydrogens (tertiary/aromatic N) is 3. The minimum Gasteiger partial charge on any atom is -0.476 e. The van der Waals surface area contributed by atoms with Crippen molar-refractivity contribution in [3.05, 3.63) is 47.3 Å². The van der Waals surface area contributed by atoms with Crippen molar-refractivity contribution in [2.45, 2.75) is 19.9 Å². The zero-order valence-corrected chi connectivity index (χ0v) is 9.66. The van der Waals surface area contributed by atoms with Gasteiger partial charge in [0, 0.05) is 0 Å². The first-order chi connectivity index (χ1) is 8.11. The maximum absolute atomic E-state index is 10.9. The SMILES string of the molecule is Cc1c(C(=O)O)nnn1C(C)c1ccccc1. The predicted molar refractivity (Wildman–Crippen MR) is 62.0 cm³/mol. The molecule has 1 unspecified atom stereocenters. The van der Waals surface area contributed by atoms with Gasteiger partial charge in [0.1, 0.15) is 0 Å². The van der Waals surface area contributed by atoms with Crippen LogP contribution in [0.3, 0.4) is 0 Å². The van der Waals surface area contributed by atoms with Gasteiger partial charge >= 0.3 is 5.97 Å². The minimum atomic E-state index is -1.05. The summed E-state index contributed by atoms with van der Waals surface area (Å²) in [6.07, 6.45) is 0. The molecule has 0 fully saturated rings. The highest BCUT2D eigenvalue weighted by atomic mass is 16.4. The van der Waals surface area contributed by atoms with Crippen molar-refractivity contribution >= 4 is 5.97 Å². The van der Waals surface area contributed by atoms with Gasteiger partial charge in [-0.25, -0.2) is 9.48 Å². The molecule has 5 heteroatoms. The molecule has 17 heavy (non-hydrogen) atoms. The highest BCUT2D eigenvalue weighted by molar-refractivity contribution is 5.86. The predicted octanol–water partition coefficient (Wildman–Crippen LogP) is 1.89. The number of rotatable bonds is 3. The lowest BCUT2D eigenvalue weighted by Crippen LogP contribution is -2.11. The highest BCUT2D eigenvalue weighted by Crippen LogP contribution is 2.19. The van der Waals surface area contributed by atoms with Crippen LogP contribution in [0.1, 0.15) is 34.7 Å². The molecule has 1 aromatic carbocycles. The van der Waals surface area contributed by atoms with E-state index in [4.69, 9.17) is 5.11 Å². The van der Waals surface area contributed by atoms with E-state index in [1.165, 1.54) is 0 Å². The molecule has 0 spiro atoms. The summed E-state index contributed by atoms with van der Waals surface area (Å²) in [5, 5.41) is 16.5. The fourth-order valence-corrected chi connectivity index (χ4v) is 1.78. The van der Waals surface area contributed by atoms with E-state index in [1.54, 1.807) is 11.6 Å². The smallest absolute Gasteiger partial charge is 0.358 e. The van der Waals surface area contributed by atoms with Gasteiger partial charge in [-0.1, -0.05) is 35.5 Å². The summed E-state index contributed by atoms with van der Waals surface area (Å²) < 4.78 is 1.62. The molecule has 0 radical (unpaired) electrons. The van der Waals surface area contributed by atoms with Crippen molar-refractivity contribution < 1.29 is 9.90 Å². The Balaban J connectivity index is 2.39. The Morgan fingerprint density at radius 2 is 2.00 bits per heavy atom. The summed E-state index contributed by atoms with van der Waals surface area (Å²) in [6, 6.07) is 9.75. The van der Waals surface area contributed by atoms with Gasteiger partial charge in [-0.2, -0.15) is 0 Å². The highest BCUT2D eigenvalue weighted by Gasteiger charge is 2.18. The first-order valence-corrected chi connectivity index (χ1v) is 5.31. The fourth-order valence-electron chi connectivity index (χ4n) is 1.78. The topological polar surface area (TPSA) is 68.0 Å². The van der Waals surface area contributed by atoms with Crippen LogP contribution >= 0.6 is 0 Å². The lowest BCUT2D eigenvalue weighted by Gasteiger charge is -2.13. The maximum Gasteiger partial charge on any atom is 0.358 e. The number of aromatic nitrogens is 3. The molecule has 1 N–H and O–H groups in total. The molecule has 0 aliphatic rings. The van der Waals surface area contributed by atoms with Gasteiger partial charge in [0.2, 0.25) is 0 Å². The van der Waals surface area contributed by atoms with Crippen molar-refractivity contribution in [2.75, 3.05) is 0 Å². The van der Waals surface area contributed by atoms with Crippen LogP contribution in [0.15, 0.2) is 30.3 Å². The van der Waals surface area contributed by atoms with Crippen LogP contribution in [-0.4, -0.2) is 26.1 Å². The Kier molecular flexibility index (Phi) is 2.91. The number of carbonyl (C=O) groups is 1. The second kappa shape index (κ2) is 4.37. The number of hydrogen-bond acceptors (Lipinski definition) is 3. The van der Waals surface area contributed by atoms with E-state index in [1.807, 2.05) is 37.3 Å². The average Bonchev–Trinajstić information content (AvgIpc) is 2.71. The lowest BCUT2D eigenvalue weighted by atomic mass is 10.1. The zero-order valence-electron chi connectivity index (χ0n) is 9.66. The molecule has 0 saturated heterocycles. The van der Waals surface area contributed by atoms with Gasteiger partial charge in [-0.05, 0) is 19.4 Å². The molecular weight excluding hydrogens is 218 g/mol. The van der Waals surface area contributed by atoms with E-state index in [0.29, 0.717) is 5.69 Å². The molecule has 2 aromatic rings. The Labute approximate surface area is 98.7 Å². The zero-order chi connectivity index (χ0) is 12.4. The quantitative estimate of drug-likeness (QED) is 0.875. The van der Waals surface area contributed by atoms with E-state index >= 15 is 0 Å². The molecule has 88 valence electrons. The van der Waals surface area contributed by atoms with Crippen LogP contribution in [0.25, 0.3) is 0 Å². The van der Waals surface area contributed by atoms with Crippen LogP contribution < -0.4 is 0 Å². The van der Waals surface area contributed by atoms with Crippen molar-refractivity contribution in [1.82, 2.24) is 15.0 Å². The Morgan fingerprint density at radius 3 is 2.53 bits per heavy atom. The molecule has 5 nitrogen and oxygen atoms in total. The molecule has 0 saturated carbocycles. The second-order valence-electron chi connectivity index (χ2n) is 3.86. The van der Waals surface area contributed by atoms with Crippen molar-refractivity contribution in [3.8, 4) is 0 Å². The molecular formula is C12H13N3O2. The van der Waals surface area contributed by atoms with Gasteiger partial charge in [-0.15, -0.1) is 5.10 Å². The van der Waals surface area contributed by atoms with Crippen LogP contribution in [0.4, 0.5) is 0 Å². The van der Waals surface area contributed by atoms with E-state index in [9.17, 15) is 4.79 Å². The summed E-state index contributed by atoms with van der Waals surface area (Å²) in [7, 11) is 0. The van der Waals surface area contributed by atoms with Crippen molar-refractivity contribution in [1.29, 1.82) is 0 Å². The first kappa shape index (κ1) is 11.3. The number of benzene rings is 1. The molecule has 0 aliphatic heterocycles. The summed E-state index contributed by atoms with van der Waals surface area (Å²) in [6.45, 7) is 3.67. The molecule has 0 amide bonds. The summed E-state index contributed by atoms with van der Waals surface area (Å²) in [5.74, 6) is -1.05. The van der Waals surface area contributed by atoms with Gasteiger partial charge in [0.15, 0.2) is 5.69 Å². The largest absolute Gasteiger partial charge is 0.476 e. The number of carboxylic acid groups (broad SMARTS) is 1. The van der Waals surface area contributed by atoms with Crippen LogP contribution in [0, 0.1) is 6.92 Å². The van der Waals surface area contributed by atoms with Crippen LogP contribution in [0.2, 0.25) is 0 Å². The number of aromatic carboxylic acids is 1. The third kappa shape index (κ3) is 2.04. The number of carboxylic acids is 1. The van der Waals surface area contributed by atoms with Crippen LogP contribution in [-0.2, 0) is 0 Å². The third-order valence-corrected chi connectivity index (χ3v) is 2.78. The Morgan fingerprint density at radius 1 is 1.35 bits per heavy atom. The normalized spacial score (nSPS) is 12.4. The summed E-state index contributed by atoms with van der Waals surface area (Å²) in [4.78, 5) is 10.9. The molecule has 0 aliphatic carbocycles. The first-order valence-electron chi connectivity index (χ1n) is 5.31. The standard InChI is InChI=1S/C12H13N3O2/c1-8(10-6-4-3-5-7-10)15-9(2)11(12(16)17)13-14-15/h3-8H,1-2H3,(H,16,17). The van der Waals surface area contributed by atoms with Gasteiger partial charge in [-0.3, -0.25) is 0 Å². The molecule has 1 atom stereocenters.